The molecule has 0 radical (unpaired) electrons. The maximum atomic E-state index is 5.54. The topological polar surface area (TPSA) is 80.4 Å². The van der Waals surface area contributed by atoms with Gasteiger partial charge in [-0.05, 0) is 44.1 Å². The molecule has 0 aromatic heterocycles. The molecular weight excluding hydrogens is 412 g/mol. The molecule has 0 bridgehead atoms. The summed E-state index contributed by atoms with van der Waals surface area (Å²) in [6.07, 6.45) is 7.40. The minimum Gasteiger partial charge on any atom is -0.400 e. The molecule has 0 aromatic rings. The van der Waals surface area contributed by atoms with Crippen LogP contribution in [0.1, 0.15) is 32.1 Å². The van der Waals surface area contributed by atoms with E-state index in [2.05, 4.69) is 0 Å². The van der Waals surface area contributed by atoms with Crippen LogP contribution in [-0.4, -0.2) is 91.8 Å². The van der Waals surface area contributed by atoms with Crippen LogP contribution >= 0.6 is 0 Å². The van der Waals surface area contributed by atoms with Gasteiger partial charge in [-0.1, -0.05) is 0 Å². The van der Waals surface area contributed by atoms with Gasteiger partial charge in [0.25, 0.3) is 0 Å². The molecule has 0 amide bonds. The van der Waals surface area contributed by atoms with E-state index in [9.17, 15) is 0 Å². The van der Waals surface area contributed by atoms with E-state index in [1.54, 1.807) is 35.5 Å². The van der Waals surface area contributed by atoms with Crippen LogP contribution in [0.2, 0.25) is 12.1 Å². The molecule has 3 aliphatic rings. The Bertz CT molecular complexity index is 424. The highest BCUT2D eigenvalue weighted by molar-refractivity contribution is 6.60. The normalized spacial score (nSPS) is 27.9. The molecule has 29 heavy (non-hydrogen) atoms. The second-order valence-corrected chi connectivity index (χ2v) is 13.3. The lowest BCUT2D eigenvalue weighted by Crippen LogP contribution is -2.43. The number of hydrogen-bond donors (Lipinski definition) is 0. The van der Waals surface area contributed by atoms with Crippen molar-refractivity contribution in [2.24, 2.45) is 5.92 Å². The second-order valence-electron chi connectivity index (χ2n) is 7.80. The van der Waals surface area contributed by atoms with Gasteiger partial charge in [0.15, 0.2) is 0 Å². The van der Waals surface area contributed by atoms with Gasteiger partial charge < -0.3 is 36.3 Å². The van der Waals surface area contributed by atoms with E-state index in [-0.39, 0.29) is 0 Å². The molecule has 172 valence electrons. The van der Waals surface area contributed by atoms with Crippen molar-refractivity contribution >= 4 is 18.1 Å². The van der Waals surface area contributed by atoms with E-state index in [1.165, 1.54) is 19.3 Å². The standard InChI is InChI=1S/C11H22O4Si.C8H18O4Si/c1-12-16(13-2,14-3)7-6-9-4-5-10-11(8-9)15-10;1-9-13(10-2)5-3-4-11-6-8-7-12-8/h9-11H,4-8H2,1-3H3;8,13H,3-7H2,1-2H3. The van der Waals surface area contributed by atoms with E-state index in [1.807, 2.05) is 0 Å². The van der Waals surface area contributed by atoms with Gasteiger partial charge in [-0.25, -0.2) is 0 Å². The molecule has 2 heterocycles. The van der Waals surface area contributed by atoms with Crippen molar-refractivity contribution in [3.8, 4) is 0 Å². The van der Waals surface area contributed by atoms with Crippen LogP contribution in [-0.2, 0) is 36.3 Å². The first-order valence-corrected chi connectivity index (χ1v) is 14.3. The predicted molar refractivity (Wildman–Crippen MR) is 113 cm³/mol. The van der Waals surface area contributed by atoms with Gasteiger partial charge in [-0.2, -0.15) is 0 Å². The monoisotopic (exact) mass is 452 g/mol. The highest BCUT2D eigenvalue weighted by Gasteiger charge is 2.45. The zero-order valence-corrected chi connectivity index (χ0v) is 20.9. The molecule has 0 spiro atoms. The fraction of sp³-hybridized carbons (Fsp3) is 1.00. The lowest BCUT2D eigenvalue weighted by Gasteiger charge is -2.27. The zero-order chi connectivity index (χ0) is 21.1. The number of ether oxygens (including phenoxy) is 3. The summed E-state index contributed by atoms with van der Waals surface area (Å²) in [7, 11) is 4.75. The quantitative estimate of drug-likeness (QED) is 0.225. The van der Waals surface area contributed by atoms with Crippen LogP contribution in [0.4, 0.5) is 0 Å². The molecule has 10 heteroatoms. The number of epoxide rings is 2. The number of hydrogen-bond acceptors (Lipinski definition) is 8. The average Bonchev–Trinajstić information content (AvgIpc) is 3.68. The van der Waals surface area contributed by atoms with Crippen LogP contribution in [0.15, 0.2) is 0 Å². The molecule has 4 unspecified atom stereocenters. The molecule has 1 aliphatic carbocycles. The Balaban J connectivity index is 0.000000212. The summed E-state index contributed by atoms with van der Waals surface area (Å²) in [5.74, 6) is 0.760. The Morgan fingerprint density at radius 1 is 0.966 bits per heavy atom. The minimum atomic E-state index is -2.35. The van der Waals surface area contributed by atoms with Crippen molar-refractivity contribution in [3.63, 3.8) is 0 Å². The van der Waals surface area contributed by atoms with Gasteiger partial charge in [0.2, 0.25) is 0 Å². The van der Waals surface area contributed by atoms with Gasteiger partial charge >= 0.3 is 18.1 Å². The van der Waals surface area contributed by atoms with Crippen LogP contribution in [0.25, 0.3) is 0 Å². The van der Waals surface area contributed by atoms with Gasteiger partial charge in [0, 0.05) is 48.2 Å². The van der Waals surface area contributed by atoms with Gasteiger partial charge in [-0.15, -0.1) is 0 Å². The van der Waals surface area contributed by atoms with E-state index in [4.69, 9.17) is 36.3 Å². The van der Waals surface area contributed by atoms with Crippen molar-refractivity contribution in [1.29, 1.82) is 0 Å². The molecule has 0 N–H and O–H groups in total. The van der Waals surface area contributed by atoms with Gasteiger partial charge in [-0.3, -0.25) is 0 Å². The summed E-state index contributed by atoms with van der Waals surface area (Å²) >= 11 is 0. The van der Waals surface area contributed by atoms with Crippen LogP contribution in [0.3, 0.4) is 0 Å². The Kier molecular flexibility index (Phi) is 11.8. The summed E-state index contributed by atoms with van der Waals surface area (Å²) in [5, 5.41) is 0. The van der Waals surface area contributed by atoms with Crippen molar-refractivity contribution in [2.75, 3.05) is 55.4 Å². The summed E-state index contributed by atoms with van der Waals surface area (Å²) < 4.78 is 42.6. The van der Waals surface area contributed by atoms with E-state index in [0.29, 0.717) is 18.3 Å². The molecule has 2 aliphatic heterocycles. The lowest BCUT2D eigenvalue weighted by molar-refractivity contribution is 0.115. The van der Waals surface area contributed by atoms with Crippen LogP contribution in [0, 0.1) is 5.92 Å². The fourth-order valence-corrected chi connectivity index (χ4v) is 6.79. The van der Waals surface area contributed by atoms with Gasteiger partial charge in [0.05, 0.1) is 25.4 Å². The maximum absolute atomic E-state index is 5.54. The average molecular weight is 453 g/mol. The fourth-order valence-electron chi connectivity index (χ4n) is 3.75. The molecular formula is C19H40O8Si2. The molecule has 2 saturated heterocycles. The third kappa shape index (κ3) is 9.42. The Morgan fingerprint density at radius 2 is 1.66 bits per heavy atom. The molecule has 3 fully saturated rings. The summed E-state index contributed by atoms with van der Waals surface area (Å²) in [6, 6.07) is 1.93. The number of rotatable bonds is 14. The summed E-state index contributed by atoms with van der Waals surface area (Å²) in [4.78, 5) is 0. The molecule has 3 rings (SSSR count). The first-order valence-electron chi connectivity index (χ1n) is 10.7. The van der Waals surface area contributed by atoms with Gasteiger partial charge in [0.1, 0.15) is 6.10 Å². The molecule has 4 atom stereocenters. The van der Waals surface area contributed by atoms with E-state index >= 15 is 0 Å². The SMILES string of the molecule is CO[SiH](CCCOCC1CO1)OC.CO[Si](CCC1CCC2OC2C1)(OC)OC. The summed E-state index contributed by atoms with van der Waals surface area (Å²) in [5.41, 5.74) is 0. The van der Waals surface area contributed by atoms with Crippen LogP contribution in [0.5, 0.6) is 0 Å². The van der Waals surface area contributed by atoms with Crippen molar-refractivity contribution in [3.05, 3.63) is 0 Å². The highest BCUT2D eigenvalue weighted by atomic mass is 28.4. The van der Waals surface area contributed by atoms with Crippen molar-refractivity contribution in [2.45, 2.75) is 62.5 Å². The van der Waals surface area contributed by atoms with Crippen molar-refractivity contribution in [1.82, 2.24) is 0 Å². The smallest absolute Gasteiger partial charge is 0.400 e. The Hall–Kier alpha value is 0.114. The van der Waals surface area contributed by atoms with Crippen LogP contribution < -0.4 is 0 Å². The highest BCUT2D eigenvalue weighted by Crippen LogP contribution is 2.41. The second kappa shape index (κ2) is 13.5. The third-order valence-corrected chi connectivity index (χ3v) is 10.6. The molecule has 1 saturated carbocycles. The largest absolute Gasteiger partial charge is 0.500 e. The predicted octanol–water partition coefficient (Wildman–Crippen LogP) is 2.13. The van der Waals surface area contributed by atoms with E-state index < -0.39 is 18.1 Å². The maximum Gasteiger partial charge on any atom is 0.500 e. The first kappa shape index (κ1) is 25.4. The summed E-state index contributed by atoms with van der Waals surface area (Å²) in [6.45, 7) is 2.40. The number of fused-ring (bicyclic) bond motifs is 1. The zero-order valence-electron chi connectivity index (χ0n) is 18.7. The minimum absolute atomic E-state index is 0.373. The first-order chi connectivity index (χ1) is 14.1. The third-order valence-electron chi connectivity index (χ3n) is 5.86. The van der Waals surface area contributed by atoms with Crippen molar-refractivity contribution < 1.29 is 36.3 Å². The Morgan fingerprint density at radius 3 is 2.21 bits per heavy atom. The lowest BCUT2D eigenvalue weighted by atomic mass is 9.88. The molecule has 8 nitrogen and oxygen atoms in total. The Labute approximate surface area is 178 Å². The van der Waals surface area contributed by atoms with E-state index in [0.717, 1.165) is 50.7 Å². The molecule has 0 aromatic carbocycles.